The van der Waals surface area contributed by atoms with Crippen molar-refractivity contribution in [2.24, 2.45) is 17.3 Å². The van der Waals surface area contributed by atoms with Crippen molar-refractivity contribution < 1.29 is 4.74 Å². The summed E-state index contributed by atoms with van der Waals surface area (Å²) in [6, 6.07) is 1.16. The van der Waals surface area contributed by atoms with Crippen LogP contribution in [0.1, 0.15) is 54.4 Å². The fourth-order valence-electron chi connectivity index (χ4n) is 3.07. The number of ether oxygens (including phenoxy) is 1. The SMILES string of the molecule is CCOCC(NC1CC(C)(C)CC1C)C(C)C. The summed E-state index contributed by atoms with van der Waals surface area (Å²) in [7, 11) is 0. The minimum Gasteiger partial charge on any atom is -0.380 e. The molecule has 0 amide bonds. The van der Waals surface area contributed by atoms with Gasteiger partial charge in [-0.2, -0.15) is 0 Å². The molecule has 1 rings (SSSR count). The Kier molecular flexibility index (Phi) is 5.46. The molecule has 0 radical (unpaired) electrons. The van der Waals surface area contributed by atoms with Crippen molar-refractivity contribution in [3.8, 4) is 0 Å². The van der Waals surface area contributed by atoms with Crippen molar-refractivity contribution in [2.45, 2.75) is 66.5 Å². The summed E-state index contributed by atoms with van der Waals surface area (Å²) < 4.78 is 5.59. The summed E-state index contributed by atoms with van der Waals surface area (Å²) in [5.74, 6) is 1.42. The van der Waals surface area contributed by atoms with Crippen LogP contribution in [0.25, 0.3) is 0 Å². The Morgan fingerprint density at radius 2 is 1.94 bits per heavy atom. The third-order valence-electron chi connectivity index (χ3n) is 4.07. The van der Waals surface area contributed by atoms with Crippen molar-refractivity contribution in [1.29, 1.82) is 0 Å². The largest absolute Gasteiger partial charge is 0.380 e. The van der Waals surface area contributed by atoms with Crippen LogP contribution in [0.3, 0.4) is 0 Å². The quantitative estimate of drug-likeness (QED) is 0.769. The first-order chi connectivity index (χ1) is 7.85. The molecule has 0 spiro atoms. The van der Waals surface area contributed by atoms with Gasteiger partial charge < -0.3 is 10.1 Å². The zero-order valence-electron chi connectivity index (χ0n) is 12.5. The maximum Gasteiger partial charge on any atom is 0.0622 e. The third kappa shape index (κ3) is 4.59. The Hall–Kier alpha value is -0.0800. The second-order valence-corrected chi connectivity index (χ2v) is 6.83. The Balaban J connectivity index is 2.49. The first-order valence-corrected chi connectivity index (χ1v) is 7.19. The molecular weight excluding hydrogens is 210 g/mol. The van der Waals surface area contributed by atoms with E-state index in [4.69, 9.17) is 4.74 Å². The van der Waals surface area contributed by atoms with Crippen molar-refractivity contribution in [1.82, 2.24) is 5.32 Å². The average molecular weight is 241 g/mol. The van der Waals surface area contributed by atoms with Crippen molar-refractivity contribution in [2.75, 3.05) is 13.2 Å². The summed E-state index contributed by atoms with van der Waals surface area (Å²) in [6.45, 7) is 15.4. The molecule has 0 aromatic heterocycles. The lowest BCUT2D eigenvalue weighted by Crippen LogP contribution is -2.45. The number of hydrogen-bond donors (Lipinski definition) is 1. The molecule has 0 aliphatic heterocycles. The van der Waals surface area contributed by atoms with Gasteiger partial charge in [-0.1, -0.05) is 34.6 Å². The molecule has 2 nitrogen and oxygen atoms in total. The fourth-order valence-corrected chi connectivity index (χ4v) is 3.07. The van der Waals surface area contributed by atoms with Crippen LogP contribution in [0.5, 0.6) is 0 Å². The minimum absolute atomic E-state index is 0.497. The zero-order valence-corrected chi connectivity index (χ0v) is 12.5. The zero-order chi connectivity index (χ0) is 13.1. The number of rotatable bonds is 6. The van der Waals surface area contributed by atoms with Crippen LogP contribution in [-0.2, 0) is 4.74 Å². The lowest BCUT2D eigenvalue weighted by atomic mass is 9.91. The summed E-state index contributed by atoms with van der Waals surface area (Å²) in [4.78, 5) is 0. The van der Waals surface area contributed by atoms with Crippen LogP contribution in [0.4, 0.5) is 0 Å². The molecule has 0 aromatic carbocycles. The van der Waals surface area contributed by atoms with E-state index in [-0.39, 0.29) is 0 Å². The predicted octanol–water partition coefficient (Wildman–Crippen LogP) is 3.46. The summed E-state index contributed by atoms with van der Waals surface area (Å²) in [5, 5.41) is 3.83. The smallest absolute Gasteiger partial charge is 0.0622 e. The Bertz CT molecular complexity index is 225. The minimum atomic E-state index is 0.497. The van der Waals surface area contributed by atoms with E-state index in [9.17, 15) is 0 Å². The van der Waals surface area contributed by atoms with E-state index >= 15 is 0 Å². The first-order valence-electron chi connectivity index (χ1n) is 7.19. The van der Waals surface area contributed by atoms with E-state index < -0.39 is 0 Å². The van der Waals surface area contributed by atoms with Gasteiger partial charge in [0.15, 0.2) is 0 Å². The maximum absolute atomic E-state index is 5.59. The van der Waals surface area contributed by atoms with Crippen LogP contribution < -0.4 is 5.32 Å². The molecule has 102 valence electrons. The molecule has 0 aromatic rings. The van der Waals surface area contributed by atoms with Gasteiger partial charge in [0, 0.05) is 18.7 Å². The van der Waals surface area contributed by atoms with Crippen LogP contribution in [-0.4, -0.2) is 25.3 Å². The summed E-state index contributed by atoms with van der Waals surface area (Å²) in [6.07, 6.45) is 2.63. The molecular formula is C15H31NO. The van der Waals surface area contributed by atoms with Gasteiger partial charge >= 0.3 is 0 Å². The van der Waals surface area contributed by atoms with Gasteiger partial charge in [-0.15, -0.1) is 0 Å². The monoisotopic (exact) mass is 241 g/mol. The number of hydrogen-bond acceptors (Lipinski definition) is 2. The van der Waals surface area contributed by atoms with Crippen molar-refractivity contribution in [3.05, 3.63) is 0 Å². The van der Waals surface area contributed by atoms with E-state index in [1.165, 1.54) is 12.8 Å². The van der Waals surface area contributed by atoms with Gasteiger partial charge in [0.25, 0.3) is 0 Å². The van der Waals surface area contributed by atoms with E-state index in [2.05, 4.69) is 46.9 Å². The van der Waals surface area contributed by atoms with Crippen LogP contribution in [0, 0.1) is 17.3 Å². The summed E-state index contributed by atoms with van der Waals surface area (Å²) in [5.41, 5.74) is 0.504. The molecule has 17 heavy (non-hydrogen) atoms. The van der Waals surface area contributed by atoms with Crippen LogP contribution >= 0.6 is 0 Å². The lowest BCUT2D eigenvalue weighted by Gasteiger charge is -2.28. The van der Waals surface area contributed by atoms with Crippen molar-refractivity contribution >= 4 is 0 Å². The number of nitrogens with one attached hydrogen (secondary N) is 1. The van der Waals surface area contributed by atoms with Gasteiger partial charge in [-0.3, -0.25) is 0 Å². The summed E-state index contributed by atoms with van der Waals surface area (Å²) >= 11 is 0. The standard InChI is InChI=1S/C15H31NO/c1-7-17-10-14(11(2)3)16-13-9-15(5,6)8-12(13)4/h11-14,16H,7-10H2,1-6H3. The molecule has 1 fully saturated rings. The second-order valence-electron chi connectivity index (χ2n) is 6.83. The van der Waals surface area contributed by atoms with Gasteiger partial charge in [0.2, 0.25) is 0 Å². The molecule has 0 heterocycles. The molecule has 0 saturated heterocycles. The molecule has 2 heteroatoms. The van der Waals surface area contributed by atoms with E-state index in [1.807, 2.05) is 0 Å². The molecule has 3 unspecified atom stereocenters. The molecule has 1 saturated carbocycles. The highest BCUT2D eigenvalue weighted by atomic mass is 16.5. The second kappa shape index (κ2) is 6.19. The Morgan fingerprint density at radius 1 is 1.29 bits per heavy atom. The van der Waals surface area contributed by atoms with Gasteiger partial charge in [-0.05, 0) is 37.0 Å². The fraction of sp³-hybridized carbons (Fsp3) is 1.00. The third-order valence-corrected chi connectivity index (χ3v) is 4.07. The van der Waals surface area contributed by atoms with Gasteiger partial charge in [0.05, 0.1) is 6.61 Å². The van der Waals surface area contributed by atoms with E-state index in [0.717, 1.165) is 19.1 Å². The predicted molar refractivity (Wildman–Crippen MR) is 74.2 cm³/mol. The topological polar surface area (TPSA) is 21.3 Å². The average Bonchev–Trinajstić information content (AvgIpc) is 2.46. The Labute approximate surface area is 108 Å². The lowest BCUT2D eigenvalue weighted by molar-refractivity contribution is 0.101. The Morgan fingerprint density at radius 3 is 2.35 bits per heavy atom. The van der Waals surface area contributed by atoms with Crippen molar-refractivity contribution in [3.63, 3.8) is 0 Å². The van der Waals surface area contributed by atoms with E-state index in [1.54, 1.807) is 0 Å². The molecule has 3 atom stereocenters. The van der Waals surface area contributed by atoms with Gasteiger partial charge in [0.1, 0.15) is 0 Å². The first kappa shape index (κ1) is 15.0. The maximum atomic E-state index is 5.59. The van der Waals surface area contributed by atoms with Crippen LogP contribution in [0.2, 0.25) is 0 Å². The highest BCUT2D eigenvalue weighted by Gasteiger charge is 2.37. The molecule has 1 aliphatic carbocycles. The van der Waals surface area contributed by atoms with Gasteiger partial charge in [-0.25, -0.2) is 0 Å². The van der Waals surface area contributed by atoms with Crippen LogP contribution in [0.15, 0.2) is 0 Å². The molecule has 1 N–H and O–H groups in total. The highest BCUT2D eigenvalue weighted by Crippen LogP contribution is 2.41. The highest BCUT2D eigenvalue weighted by molar-refractivity contribution is 4.93. The molecule has 0 bridgehead atoms. The molecule has 1 aliphatic rings. The van der Waals surface area contributed by atoms with E-state index in [0.29, 0.717) is 23.4 Å². The normalized spacial score (nSPS) is 29.8.